The summed E-state index contributed by atoms with van der Waals surface area (Å²) in [6.07, 6.45) is 0. The number of hydrogen-bond acceptors (Lipinski definition) is 4. The van der Waals surface area contributed by atoms with Gasteiger partial charge >= 0.3 is 0 Å². The fourth-order valence-corrected chi connectivity index (χ4v) is 3.56. The van der Waals surface area contributed by atoms with E-state index >= 15 is 0 Å². The molecule has 0 spiro atoms. The molecule has 5 heteroatoms. The number of phenols is 1. The molecule has 0 radical (unpaired) electrons. The highest BCUT2D eigenvalue weighted by Gasteiger charge is 2.15. The van der Waals surface area contributed by atoms with Gasteiger partial charge in [-0.25, -0.2) is 4.98 Å². The van der Waals surface area contributed by atoms with Crippen molar-refractivity contribution in [3.8, 4) is 28.8 Å². The molecular formula is C24H15ClN2O2. The first-order valence-corrected chi connectivity index (χ1v) is 9.49. The maximum Gasteiger partial charge on any atom is 0.230 e. The number of phenolic OH excluding ortho intramolecular Hbond substituents is 1. The molecule has 5 aromatic rings. The van der Waals surface area contributed by atoms with Crippen molar-refractivity contribution in [3.05, 3.63) is 90.0 Å². The molecule has 29 heavy (non-hydrogen) atoms. The Kier molecular flexibility index (Phi) is 4.26. The van der Waals surface area contributed by atoms with Gasteiger partial charge in [0.2, 0.25) is 5.88 Å². The van der Waals surface area contributed by atoms with E-state index in [1.807, 2.05) is 66.7 Å². The van der Waals surface area contributed by atoms with Crippen LogP contribution in [-0.2, 0) is 0 Å². The zero-order chi connectivity index (χ0) is 19.8. The van der Waals surface area contributed by atoms with Gasteiger partial charge in [0.15, 0.2) is 5.82 Å². The summed E-state index contributed by atoms with van der Waals surface area (Å²) < 4.78 is 6.27. The Morgan fingerprint density at radius 3 is 2.21 bits per heavy atom. The van der Waals surface area contributed by atoms with Crippen molar-refractivity contribution in [3.63, 3.8) is 0 Å². The van der Waals surface area contributed by atoms with Crippen molar-refractivity contribution in [1.29, 1.82) is 0 Å². The third-order valence-electron chi connectivity index (χ3n) is 4.75. The van der Waals surface area contributed by atoms with Gasteiger partial charge in [-0.15, -0.1) is 0 Å². The molecular weight excluding hydrogens is 384 g/mol. The Balaban J connectivity index is 1.71. The number of para-hydroxylation sites is 2. The molecule has 0 aliphatic rings. The fourth-order valence-electron chi connectivity index (χ4n) is 3.34. The Morgan fingerprint density at radius 1 is 0.690 bits per heavy atom. The highest BCUT2D eigenvalue weighted by Crippen LogP contribution is 2.37. The third-order valence-corrected chi connectivity index (χ3v) is 5.08. The van der Waals surface area contributed by atoms with E-state index in [0.717, 1.165) is 21.7 Å². The molecule has 140 valence electrons. The summed E-state index contributed by atoms with van der Waals surface area (Å²) >= 11 is 6.34. The minimum absolute atomic E-state index is 0.116. The van der Waals surface area contributed by atoms with Crippen molar-refractivity contribution in [2.75, 3.05) is 0 Å². The largest absolute Gasteiger partial charge is 0.507 e. The van der Waals surface area contributed by atoms with Crippen LogP contribution in [0.1, 0.15) is 0 Å². The minimum Gasteiger partial charge on any atom is -0.507 e. The summed E-state index contributed by atoms with van der Waals surface area (Å²) in [5.41, 5.74) is 1.28. The van der Waals surface area contributed by atoms with Gasteiger partial charge in [-0.2, -0.15) is 4.98 Å². The molecule has 0 aliphatic heterocycles. The Bertz CT molecular complexity index is 1370. The van der Waals surface area contributed by atoms with Gasteiger partial charge in [-0.1, -0.05) is 60.1 Å². The van der Waals surface area contributed by atoms with Gasteiger partial charge in [-0.05, 0) is 36.4 Å². The zero-order valence-electron chi connectivity index (χ0n) is 15.2. The summed E-state index contributed by atoms with van der Waals surface area (Å²) in [6.45, 7) is 0. The van der Waals surface area contributed by atoms with Crippen molar-refractivity contribution in [1.82, 2.24) is 9.97 Å². The van der Waals surface area contributed by atoms with Crippen LogP contribution in [0, 0.1) is 0 Å². The number of halogens is 1. The van der Waals surface area contributed by atoms with Crippen LogP contribution in [0.2, 0.25) is 5.02 Å². The molecule has 5 rings (SSSR count). The molecule has 0 unspecified atom stereocenters. The molecule has 1 aromatic heterocycles. The summed E-state index contributed by atoms with van der Waals surface area (Å²) in [7, 11) is 0. The van der Waals surface area contributed by atoms with E-state index in [-0.39, 0.29) is 5.75 Å². The second kappa shape index (κ2) is 7.08. The average molecular weight is 399 g/mol. The molecule has 4 aromatic carbocycles. The second-order valence-electron chi connectivity index (χ2n) is 6.58. The molecule has 1 heterocycles. The predicted molar refractivity (Wildman–Crippen MR) is 116 cm³/mol. The van der Waals surface area contributed by atoms with Gasteiger partial charge < -0.3 is 9.84 Å². The Hall–Kier alpha value is -3.63. The van der Waals surface area contributed by atoms with Crippen LogP contribution >= 0.6 is 11.6 Å². The van der Waals surface area contributed by atoms with Crippen LogP contribution in [-0.4, -0.2) is 15.1 Å². The van der Waals surface area contributed by atoms with Crippen LogP contribution in [0.3, 0.4) is 0 Å². The first-order valence-electron chi connectivity index (χ1n) is 9.11. The number of aromatic nitrogens is 2. The summed E-state index contributed by atoms with van der Waals surface area (Å²) in [6, 6.07) is 26.1. The number of hydrogen-bond donors (Lipinski definition) is 1. The normalized spacial score (nSPS) is 11.1. The lowest BCUT2D eigenvalue weighted by Gasteiger charge is -2.13. The van der Waals surface area contributed by atoms with E-state index in [1.165, 1.54) is 0 Å². The first-order chi connectivity index (χ1) is 14.2. The number of fused-ring (bicyclic) bond motifs is 2. The van der Waals surface area contributed by atoms with Crippen molar-refractivity contribution >= 4 is 33.3 Å². The minimum atomic E-state index is 0.116. The monoisotopic (exact) mass is 398 g/mol. The van der Waals surface area contributed by atoms with Crippen LogP contribution in [0.25, 0.3) is 33.1 Å². The number of ether oxygens (including phenoxy) is 1. The molecule has 0 amide bonds. The van der Waals surface area contributed by atoms with E-state index in [0.29, 0.717) is 28.0 Å². The molecule has 4 nitrogen and oxygen atoms in total. The predicted octanol–water partition coefficient (Wildman–Crippen LogP) is 6.60. The van der Waals surface area contributed by atoms with Gasteiger partial charge in [0.05, 0.1) is 16.5 Å². The van der Waals surface area contributed by atoms with E-state index < -0.39 is 0 Å². The number of aromatic hydroxyl groups is 1. The molecule has 0 saturated carbocycles. The molecule has 0 saturated heterocycles. The number of nitrogens with zero attached hydrogens (tertiary/aromatic N) is 2. The lowest BCUT2D eigenvalue weighted by Crippen LogP contribution is -1.96. The second-order valence-corrected chi connectivity index (χ2v) is 6.99. The smallest absolute Gasteiger partial charge is 0.230 e. The third kappa shape index (κ3) is 3.13. The van der Waals surface area contributed by atoms with Gasteiger partial charge in [-0.3, -0.25) is 0 Å². The standard InChI is InChI=1S/C24H15ClN2O2/c25-19-13-14-22(16-8-2-1-7-15(16)19)29-24-17-9-3-5-11-20(17)26-23(27-24)18-10-4-6-12-21(18)28/h1-14,28H. The fraction of sp³-hybridized carbons (Fsp3) is 0. The van der Waals surface area contributed by atoms with Crippen molar-refractivity contribution < 1.29 is 9.84 Å². The maximum atomic E-state index is 10.3. The van der Waals surface area contributed by atoms with Crippen LogP contribution in [0.4, 0.5) is 0 Å². The van der Waals surface area contributed by atoms with Gasteiger partial charge in [0.25, 0.3) is 0 Å². The number of benzene rings is 4. The summed E-state index contributed by atoms with van der Waals surface area (Å²) in [5.74, 6) is 1.58. The van der Waals surface area contributed by atoms with Crippen molar-refractivity contribution in [2.45, 2.75) is 0 Å². The average Bonchev–Trinajstić information content (AvgIpc) is 2.76. The first kappa shape index (κ1) is 17.5. The van der Waals surface area contributed by atoms with Gasteiger partial charge in [0, 0.05) is 15.8 Å². The molecule has 1 N–H and O–H groups in total. The Morgan fingerprint density at radius 2 is 1.38 bits per heavy atom. The Labute approximate surface area is 172 Å². The van der Waals surface area contributed by atoms with E-state index in [9.17, 15) is 5.11 Å². The van der Waals surface area contributed by atoms with E-state index in [1.54, 1.807) is 18.2 Å². The lowest BCUT2D eigenvalue weighted by molar-refractivity contribution is 0.471. The molecule has 0 atom stereocenters. The topological polar surface area (TPSA) is 55.2 Å². The molecule has 0 bridgehead atoms. The highest BCUT2D eigenvalue weighted by molar-refractivity contribution is 6.35. The summed E-state index contributed by atoms with van der Waals surface area (Å²) in [5, 5.41) is 13.5. The zero-order valence-corrected chi connectivity index (χ0v) is 16.0. The van der Waals surface area contributed by atoms with E-state index in [4.69, 9.17) is 16.3 Å². The van der Waals surface area contributed by atoms with Gasteiger partial charge in [0.1, 0.15) is 11.5 Å². The SMILES string of the molecule is Oc1ccccc1-c1nc(Oc2ccc(Cl)c3ccccc23)c2ccccc2n1. The highest BCUT2D eigenvalue weighted by atomic mass is 35.5. The maximum absolute atomic E-state index is 10.3. The molecule has 0 aliphatic carbocycles. The van der Waals surface area contributed by atoms with Crippen LogP contribution < -0.4 is 4.74 Å². The quantitative estimate of drug-likeness (QED) is 0.372. The lowest BCUT2D eigenvalue weighted by atomic mass is 10.1. The van der Waals surface area contributed by atoms with Crippen LogP contribution in [0.15, 0.2) is 84.9 Å². The van der Waals surface area contributed by atoms with Crippen LogP contribution in [0.5, 0.6) is 17.4 Å². The van der Waals surface area contributed by atoms with E-state index in [2.05, 4.69) is 9.97 Å². The number of rotatable bonds is 3. The summed E-state index contributed by atoms with van der Waals surface area (Å²) in [4.78, 5) is 9.24. The molecule has 0 fully saturated rings. The van der Waals surface area contributed by atoms with Crippen molar-refractivity contribution in [2.24, 2.45) is 0 Å².